The van der Waals surface area contributed by atoms with Crippen molar-refractivity contribution in [2.75, 3.05) is 20.3 Å². The summed E-state index contributed by atoms with van der Waals surface area (Å²) in [5.41, 5.74) is 2.70. The SMILES string of the molecule is COCCN=C(NN)C1CCCC1. The quantitative estimate of drug-likeness (QED) is 0.223. The highest BCUT2D eigenvalue weighted by atomic mass is 16.5. The van der Waals surface area contributed by atoms with Gasteiger partial charge in [-0.05, 0) is 12.8 Å². The van der Waals surface area contributed by atoms with Crippen molar-refractivity contribution >= 4 is 5.84 Å². The van der Waals surface area contributed by atoms with Crippen LogP contribution in [0.2, 0.25) is 0 Å². The number of rotatable bonds is 4. The van der Waals surface area contributed by atoms with Gasteiger partial charge < -0.3 is 10.2 Å². The molecule has 4 heteroatoms. The molecule has 0 aromatic carbocycles. The molecule has 0 amide bonds. The van der Waals surface area contributed by atoms with Crippen molar-refractivity contribution in [3.05, 3.63) is 0 Å². The lowest BCUT2D eigenvalue weighted by atomic mass is 10.1. The number of hydrogen-bond donors (Lipinski definition) is 2. The molecule has 3 N–H and O–H groups in total. The van der Waals surface area contributed by atoms with E-state index in [0.29, 0.717) is 19.1 Å². The molecular formula is C9H19N3O. The van der Waals surface area contributed by atoms with Gasteiger partial charge in [0.25, 0.3) is 0 Å². The van der Waals surface area contributed by atoms with Gasteiger partial charge in [-0.15, -0.1) is 0 Å². The van der Waals surface area contributed by atoms with Gasteiger partial charge in [0.15, 0.2) is 0 Å². The molecule has 1 saturated carbocycles. The molecule has 0 saturated heterocycles. The molecule has 1 aliphatic rings. The van der Waals surface area contributed by atoms with Gasteiger partial charge in [0, 0.05) is 13.0 Å². The highest BCUT2D eigenvalue weighted by Crippen LogP contribution is 2.24. The Morgan fingerprint density at radius 1 is 1.54 bits per heavy atom. The second kappa shape index (κ2) is 5.94. The summed E-state index contributed by atoms with van der Waals surface area (Å²) in [6.07, 6.45) is 5.04. The van der Waals surface area contributed by atoms with Crippen LogP contribution >= 0.6 is 0 Å². The Labute approximate surface area is 79.5 Å². The van der Waals surface area contributed by atoms with Crippen LogP contribution in [0.15, 0.2) is 4.99 Å². The lowest BCUT2D eigenvalue weighted by Crippen LogP contribution is -2.35. The molecule has 1 fully saturated rings. The maximum atomic E-state index is 5.41. The summed E-state index contributed by atoms with van der Waals surface area (Å²) in [6, 6.07) is 0. The van der Waals surface area contributed by atoms with Gasteiger partial charge in [0.1, 0.15) is 5.84 Å². The molecule has 0 aromatic rings. The average molecular weight is 185 g/mol. The Hall–Kier alpha value is -0.610. The number of hydrogen-bond acceptors (Lipinski definition) is 3. The van der Waals surface area contributed by atoms with Gasteiger partial charge in [-0.1, -0.05) is 12.8 Å². The molecule has 0 heterocycles. The van der Waals surface area contributed by atoms with E-state index in [9.17, 15) is 0 Å². The predicted molar refractivity (Wildman–Crippen MR) is 53.5 cm³/mol. The second-order valence-corrected chi connectivity index (χ2v) is 3.39. The van der Waals surface area contributed by atoms with Crippen LogP contribution in [0.3, 0.4) is 0 Å². The van der Waals surface area contributed by atoms with Gasteiger partial charge in [-0.25, -0.2) is 5.84 Å². The maximum absolute atomic E-state index is 5.41. The summed E-state index contributed by atoms with van der Waals surface area (Å²) in [5.74, 6) is 6.92. The lowest BCUT2D eigenvalue weighted by molar-refractivity contribution is 0.208. The van der Waals surface area contributed by atoms with Crippen LogP contribution in [0.1, 0.15) is 25.7 Å². The van der Waals surface area contributed by atoms with Crippen molar-refractivity contribution in [3.8, 4) is 0 Å². The monoisotopic (exact) mass is 185 g/mol. The van der Waals surface area contributed by atoms with E-state index in [0.717, 1.165) is 5.84 Å². The van der Waals surface area contributed by atoms with Crippen molar-refractivity contribution in [1.29, 1.82) is 0 Å². The maximum Gasteiger partial charge on any atom is 0.113 e. The van der Waals surface area contributed by atoms with Crippen LogP contribution in [0.25, 0.3) is 0 Å². The van der Waals surface area contributed by atoms with Crippen molar-refractivity contribution in [1.82, 2.24) is 5.43 Å². The van der Waals surface area contributed by atoms with E-state index in [-0.39, 0.29) is 0 Å². The molecule has 1 rings (SSSR count). The molecule has 76 valence electrons. The van der Waals surface area contributed by atoms with Crippen molar-refractivity contribution in [2.45, 2.75) is 25.7 Å². The highest BCUT2D eigenvalue weighted by Gasteiger charge is 2.19. The van der Waals surface area contributed by atoms with E-state index in [2.05, 4.69) is 10.4 Å². The number of methoxy groups -OCH3 is 1. The molecule has 0 aromatic heterocycles. The van der Waals surface area contributed by atoms with Crippen LogP contribution in [0.5, 0.6) is 0 Å². The van der Waals surface area contributed by atoms with Crippen LogP contribution in [-0.4, -0.2) is 26.1 Å². The zero-order chi connectivity index (χ0) is 9.52. The Kier molecular flexibility index (Phi) is 4.78. The fourth-order valence-electron chi connectivity index (χ4n) is 1.75. The zero-order valence-electron chi connectivity index (χ0n) is 8.25. The van der Waals surface area contributed by atoms with Gasteiger partial charge in [0.05, 0.1) is 13.2 Å². The smallest absolute Gasteiger partial charge is 0.113 e. The number of nitrogens with one attached hydrogen (secondary N) is 1. The van der Waals surface area contributed by atoms with E-state index in [1.54, 1.807) is 7.11 Å². The molecule has 0 radical (unpaired) electrons. The van der Waals surface area contributed by atoms with Gasteiger partial charge in [-0.3, -0.25) is 4.99 Å². The van der Waals surface area contributed by atoms with Crippen molar-refractivity contribution < 1.29 is 4.74 Å². The lowest BCUT2D eigenvalue weighted by Gasteiger charge is -2.12. The topological polar surface area (TPSA) is 59.6 Å². The first kappa shape index (κ1) is 10.5. The van der Waals surface area contributed by atoms with Crippen LogP contribution < -0.4 is 11.3 Å². The summed E-state index contributed by atoms with van der Waals surface area (Å²) < 4.78 is 4.92. The largest absolute Gasteiger partial charge is 0.383 e. The number of amidine groups is 1. The minimum absolute atomic E-state index is 0.557. The normalized spacial score (nSPS) is 19.4. The first-order chi connectivity index (χ1) is 6.38. The number of ether oxygens (including phenoxy) is 1. The van der Waals surface area contributed by atoms with E-state index < -0.39 is 0 Å². The molecule has 0 spiro atoms. The summed E-state index contributed by atoms with van der Waals surface area (Å²) in [5, 5.41) is 0. The fraction of sp³-hybridized carbons (Fsp3) is 0.889. The molecular weight excluding hydrogens is 166 g/mol. The van der Waals surface area contributed by atoms with E-state index in [1.807, 2.05) is 0 Å². The van der Waals surface area contributed by atoms with Crippen molar-refractivity contribution in [3.63, 3.8) is 0 Å². The van der Waals surface area contributed by atoms with Gasteiger partial charge >= 0.3 is 0 Å². The third kappa shape index (κ3) is 3.32. The minimum Gasteiger partial charge on any atom is -0.383 e. The number of hydrazine groups is 1. The predicted octanol–water partition coefficient (Wildman–Crippen LogP) is 0.685. The Morgan fingerprint density at radius 2 is 2.23 bits per heavy atom. The number of aliphatic imine (C=N–C) groups is 1. The van der Waals surface area contributed by atoms with E-state index in [4.69, 9.17) is 10.6 Å². The molecule has 4 nitrogen and oxygen atoms in total. The fourth-order valence-corrected chi connectivity index (χ4v) is 1.75. The number of nitrogens with two attached hydrogens (primary N) is 1. The summed E-state index contributed by atoms with van der Waals surface area (Å²) >= 11 is 0. The summed E-state index contributed by atoms with van der Waals surface area (Å²) in [4.78, 5) is 4.37. The first-order valence-electron chi connectivity index (χ1n) is 4.88. The molecule has 0 aliphatic heterocycles. The molecule has 0 atom stereocenters. The van der Waals surface area contributed by atoms with Gasteiger partial charge in [0.2, 0.25) is 0 Å². The van der Waals surface area contributed by atoms with Crippen LogP contribution in [-0.2, 0) is 4.74 Å². The molecule has 0 bridgehead atoms. The van der Waals surface area contributed by atoms with Gasteiger partial charge in [-0.2, -0.15) is 0 Å². The first-order valence-corrected chi connectivity index (χ1v) is 4.88. The zero-order valence-corrected chi connectivity index (χ0v) is 8.25. The van der Waals surface area contributed by atoms with Crippen LogP contribution in [0, 0.1) is 5.92 Å². The summed E-state index contributed by atoms with van der Waals surface area (Å²) in [6.45, 7) is 1.37. The Bertz CT molecular complexity index is 164. The third-order valence-corrected chi connectivity index (χ3v) is 2.47. The molecule has 1 aliphatic carbocycles. The average Bonchev–Trinajstić information content (AvgIpc) is 2.65. The van der Waals surface area contributed by atoms with E-state index >= 15 is 0 Å². The van der Waals surface area contributed by atoms with Crippen LogP contribution in [0.4, 0.5) is 0 Å². The Balaban J connectivity index is 2.35. The number of nitrogens with zero attached hydrogens (tertiary/aromatic N) is 1. The third-order valence-electron chi connectivity index (χ3n) is 2.47. The van der Waals surface area contributed by atoms with E-state index in [1.165, 1.54) is 25.7 Å². The van der Waals surface area contributed by atoms with Crippen molar-refractivity contribution in [2.24, 2.45) is 16.8 Å². The molecule has 0 unspecified atom stereocenters. The minimum atomic E-state index is 0.557. The second-order valence-electron chi connectivity index (χ2n) is 3.39. The molecule has 13 heavy (non-hydrogen) atoms. The Morgan fingerprint density at radius 3 is 2.77 bits per heavy atom. The summed E-state index contributed by atoms with van der Waals surface area (Å²) in [7, 11) is 1.68. The standard InChI is InChI=1S/C9H19N3O/c1-13-7-6-11-9(12-10)8-4-2-3-5-8/h8H,2-7,10H2,1H3,(H,11,12). The highest BCUT2D eigenvalue weighted by molar-refractivity contribution is 5.84.